The number of benzene rings is 2. The summed E-state index contributed by atoms with van der Waals surface area (Å²) in [5, 5.41) is 0.944. The van der Waals surface area contributed by atoms with Gasteiger partial charge < -0.3 is 9.64 Å². The number of para-hydroxylation sites is 1. The van der Waals surface area contributed by atoms with Crippen molar-refractivity contribution < 1.29 is 17.9 Å². The third kappa shape index (κ3) is 3.84. The maximum absolute atomic E-state index is 12.9. The molecule has 1 fully saturated rings. The molecule has 0 amide bonds. The second kappa shape index (κ2) is 7.10. The molecule has 0 atom stereocenters. The van der Waals surface area contributed by atoms with Crippen LogP contribution in [0.15, 0.2) is 54.6 Å². The van der Waals surface area contributed by atoms with E-state index in [4.69, 9.17) is 9.72 Å². The first-order valence-electron chi connectivity index (χ1n) is 8.94. The minimum atomic E-state index is -4.36. The van der Waals surface area contributed by atoms with Gasteiger partial charge in [0.2, 0.25) is 0 Å². The average molecular weight is 372 g/mol. The van der Waals surface area contributed by atoms with E-state index in [1.54, 1.807) is 12.1 Å². The maximum Gasteiger partial charge on any atom is 0.416 e. The zero-order valence-corrected chi connectivity index (χ0v) is 14.7. The molecule has 27 heavy (non-hydrogen) atoms. The lowest BCUT2D eigenvalue weighted by Gasteiger charge is -2.17. The lowest BCUT2D eigenvalue weighted by Crippen LogP contribution is -2.18. The van der Waals surface area contributed by atoms with E-state index in [9.17, 15) is 13.2 Å². The van der Waals surface area contributed by atoms with Gasteiger partial charge in [0.25, 0.3) is 0 Å². The molecular weight excluding hydrogens is 353 g/mol. The molecule has 4 rings (SSSR count). The van der Waals surface area contributed by atoms with Crippen LogP contribution in [0.2, 0.25) is 0 Å². The minimum absolute atomic E-state index is 0.0542. The number of aromatic nitrogens is 1. The molecule has 3 aromatic rings. The Hall–Kier alpha value is -2.76. The van der Waals surface area contributed by atoms with Crippen molar-refractivity contribution in [1.29, 1.82) is 0 Å². The van der Waals surface area contributed by atoms with Gasteiger partial charge in [0.05, 0.1) is 5.56 Å². The molecule has 3 nitrogen and oxygen atoms in total. The molecule has 140 valence electrons. The van der Waals surface area contributed by atoms with Gasteiger partial charge in [-0.05, 0) is 48.7 Å². The Morgan fingerprint density at radius 3 is 2.52 bits per heavy atom. The fourth-order valence-corrected chi connectivity index (χ4v) is 3.35. The van der Waals surface area contributed by atoms with E-state index in [2.05, 4.69) is 4.90 Å². The monoisotopic (exact) mass is 372 g/mol. The Morgan fingerprint density at radius 1 is 0.963 bits per heavy atom. The molecule has 0 spiro atoms. The van der Waals surface area contributed by atoms with Crippen LogP contribution in [0.5, 0.6) is 5.75 Å². The van der Waals surface area contributed by atoms with Crippen LogP contribution in [-0.4, -0.2) is 18.1 Å². The van der Waals surface area contributed by atoms with E-state index in [-0.39, 0.29) is 6.61 Å². The van der Waals surface area contributed by atoms with Crippen LogP contribution in [0, 0.1) is 0 Å². The Kier molecular flexibility index (Phi) is 4.64. The molecule has 1 aromatic heterocycles. The number of hydrogen-bond acceptors (Lipinski definition) is 3. The number of ether oxygens (including phenoxy) is 1. The number of anilines is 1. The molecule has 2 aromatic carbocycles. The van der Waals surface area contributed by atoms with Crippen molar-refractivity contribution in [3.05, 3.63) is 65.7 Å². The Morgan fingerprint density at radius 2 is 1.74 bits per heavy atom. The number of rotatable bonds is 4. The highest BCUT2D eigenvalue weighted by atomic mass is 19.4. The largest absolute Gasteiger partial charge is 0.487 e. The van der Waals surface area contributed by atoms with E-state index in [1.807, 2.05) is 24.3 Å². The van der Waals surface area contributed by atoms with E-state index >= 15 is 0 Å². The summed E-state index contributed by atoms with van der Waals surface area (Å²) in [4.78, 5) is 6.99. The zero-order chi connectivity index (χ0) is 18.9. The van der Waals surface area contributed by atoms with Crippen molar-refractivity contribution in [2.24, 2.45) is 0 Å². The molecule has 0 aliphatic carbocycles. The lowest BCUT2D eigenvalue weighted by atomic mass is 10.1. The fraction of sp³-hybridized carbons (Fsp3) is 0.286. The summed E-state index contributed by atoms with van der Waals surface area (Å²) in [5.41, 5.74) is 0.530. The summed E-state index contributed by atoms with van der Waals surface area (Å²) >= 11 is 0. The van der Waals surface area contributed by atoms with Gasteiger partial charge in [0, 0.05) is 18.5 Å². The summed E-state index contributed by atoms with van der Waals surface area (Å²) in [7, 11) is 0. The fourth-order valence-electron chi connectivity index (χ4n) is 3.35. The second-order valence-electron chi connectivity index (χ2n) is 6.68. The lowest BCUT2D eigenvalue weighted by molar-refractivity contribution is -0.137. The molecular formula is C21H19F3N2O. The average Bonchev–Trinajstić information content (AvgIpc) is 3.20. The third-order valence-electron chi connectivity index (χ3n) is 4.75. The van der Waals surface area contributed by atoms with Gasteiger partial charge in [-0.15, -0.1) is 0 Å². The van der Waals surface area contributed by atoms with Gasteiger partial charge in [0.1, 0.15) is 23.7 Å². The quantitative estimate of drug-likeness (QED) is 0.610. The van der Waals surface area contributed by atoms with Crippen LogP contribution in [-0.2, 0) is 12.8 Å². The molecule has 0 N–H and O–H groups in total. The van der Waals surface area contributed by atoms with Crippen molar-refractivity contribution in [2.45, 2.75) is 25.6 Å². The van der Waals surface area contributed by atoms with Gasteiger partial charge in [-0.3, -0.25) is 0 Å². The first-order valence-corrected chi connectivity index (χ1v) is 8.94. The SMILES string of the molecule is FC(F)(F)c1cccc(COc2cccc3ccc(N4CCCC4)nc23)c1. The predicted molar refractivity (Wildman–Crippen MR) is 99.0 cm³/mol. The van der Waals surface area contributed by atoms with E-state index in [0.29, 0.717) is 11.3 Å². The standard InChI is InChI=1S/C21H19F3N2O/c22-21(23,24)17-7-3-5-15(13-17)14-27-18-8-4-6-16-9-10-19(25-20(16)18)26-11-1-2-12-26/h3-10,13H,1-2,11-12,14H2. The summed E-state index contributed by atoms with van der Waals surface area (Å²) in [6, 6.07) is 14.8. The first kappa shape index (κ1) is 17.6. The molecule has 0 unspecified atom stereocenters. The zero-order valence-electron chi connectivity index (χ0n) is 14.7. The molecule has 0 bridgehead atoms. The molecule has 0 radical (unpaired) electrons. The maximum atomic E-state index is 12.9. The van der Waals surface area contributed by atoms with Crippen LogP contribution in [0.3, 0.4) is 0 Å². The Balaban J connectivity index is 1.59. The van der Waals surface area contributed by atoms with Gasteiger partial charge in [0.15, 0.2) is 0 Å². The molecule has 2 heterocycles. The predicted octanol–water partition coefficient (Wildman–Crippen LogP) is 5.43. The molecule has 1 aliphatic heterocycles. The number of halogens is 3. The molecule has 0 saturated carbocycles. The number of alkyl halides is 3. The van der Waals surface area contributed by atoms with Crippen LogP contribution in [0.4, 0.5) is 19.0 Å². The van der Waals surface area contributed by atoms with E-state index in [0.717, 1.165) is 54.8 Å². The highest BCUT2D eigenvalue weighted by Crippen LogP contribution is 2.31. The number of fused-ring (bicyclic) bond motifs is 1. The van der Waals surface area contributed by atoms with Gasteiger partial charge in [-0.2, -0.15) is 13.2 Å². The normalized spacial score (nSPS) is 14.7. The van der Waals surface area contributed by atoms with Crippen molar-refractivity contribution >= 4 is 16.7 Å². The highest BCUT2D eigenvalue weighted by Gasteiger charge is 2.30. The second-order valence-corrected chi connectivity index (χ2v) is 6.68. The summed E-state index contributed by atoms with van der Waals surface area (Å²) < 4.78 is 44.5. The summed E-state index contributed by atoms with van der Waals surface area (Å²) in [6.45, 7) is 2.04. The van der Waals surface area contributed by atoms with Crippen LogP contribution in [0.25, 0.3) is 10.9 Å². The van der Waals surface area contributed by atoms with E-state index in [1.165, 1.54) is 6.07 Å². The van der Waals surface area contributed by atoms with Crippen molar-refractivity contribution in [2.75, 3.05) is 18.0 Å². The Labute approximate surface area is 155 Å². The molecule has 6 heteroatoms. The smallest absolute Gasteiger partial charge is 0.416 e. The molecule has 1 aliphatic rings. The highest BCUT2D eigenvalue weighted by molar-refractivity contribution is 5.86. The number of hydrogen-bond donors (Lipinski definition) is 0. The number of nitrogens with zero attached hydrogens (tertiary/aromatic N) is 2. The van der Waals surface area contributed by atoms with E-state index < -0.39 is 11.7 Å². The number of pyridine rings is 1. The Bertz CT molecular complexity index is 950. The van der Waals surface area contributed by atoms with Gasteiger partial charge >= 0.3 is 6.18 Å². The van der Waals surface area contributed by atoms with Gasteiger partial charge in [-0.1, -0.05) is 24.3 Å². The van der Waals surface area contributed by atoms with Gasteiger partial charge in [-0.25, -0.2) is 4.98 Å². The first-order chi connectivity index (χ1) is 13.0. The third-order valence-corrected chi connectivity index (χ3v) is 4.75. The molecule has 1 saturated heterocycles. The van der Waals surface area contributed by atoms with Crippen molar-refractivity contribution in [3.63, 3.8) is 0 Å². The topological polar surface area (TPSA) is 25.4 Å². The van der Waals surface area contributed by atoms with Crippen molar-refractivity contribution in [1.82, 2.24) is 4.98 Å². The minimum Gasteiger partial charge on any atom is -0.487 e. The van der Waals surface area contributed by atoms with Crippen LogP contribution >= 0.6 is 0 Å². The summed E-state index contributed by atoms with van der Waals surface area (Å²) in [6.07, 6.45) is -2.04. The van der Waals surface area contributed by atoms with Crippen LogP contribution < -0.4 is 9.64 Å². The van der Waals surface area contributed by atoms with Crippen LogP contribution in [0.1, 0.15) is 24.0 Å². The summed E-state index contributed by atoms with van der Waals surface area (Å²) in [5.74, 6) is 1.49. The van der Waals surface area contributed by atoms with Crippen molar-refractivity contribution in [3.8, 4) is 5.75 Å².